The number of hydrogen-bond donors (Lipinski definition) is 0. The monoisotopic (exact) mass is 189 g/mol. The third-order valence-corrected chi connectivity index (χ3v) is 4.35. The molecule has 12 heavy (non-hydrogen) atoms. The third-order valence-electron chi connectivity index (χ3n) is 3.08. The number of hydrogen-bond acceptors (Lipinski definition) is 2. The molecule has 1 saturated carbocycles. The van der Waals surface area contributed by atoms with Crippen LogP contribution in [0.3, 0.4) is 0 Å². The van der Waals surface area contributed by atoms with Crippen LogP contribution in [-0.4, -0.2) is 31.6 Å². The Morgan fingerprint density at radius 1 is 1.25 bits per heavy atom. The molecule has 0 aromatic carbocycles. The molecular weight excluding hydrogens is 174 g/mol. The van der Waals surface area contributed by atoms with Gasteiger partial charge in [0.25, 0.3) is 0 Å². The van der Waals surface area contributed by atoms with Gasteiger partial charge in [-0.1, -0.05) is 12.8 Å². The normalized spacial score (nSPS) is 37.1. The largest absolute Gasteiger partial charge is 0.212 e. The summed E-state index contributed by atoms with van der Waals surface area (Å²) in [4.78, 5) is 0. The van der Waals surface area contributed by atoms with Crippen LogP contribution < -0.4 is 0 Å². The van der Waals surface area contributed by atoms with Crippen LogP contribution in [-0.2, 0) is 10.0 Å². The second kappa shape index (κ2) is 2.70. The Kier molecular flexibility index (Phi) is 1.92. The SMILES string of the molecule is CS(=O)(=O)N1C[C@H]2CCCC[C@H]21. The maximum atomic E-state index is 11.2. The molecule has 0 aromatic heterocycles. The van der Waals surface area contributed by atoms with Crippen LogP contribution in [0.4, 0.5) is 0 Å². The number of fused-ring (bicyclic) bond motifs is 1. The average molecular weight is 189 g/mol. The minimum absolute atomic E-state index is 0.355. The lowest BCUT2D eigenvalue weighted by Gasteiger charge is -2.49. The molecule has 4 heteroatoms. The van der Waals surface area contributed by atoms with Gasteiger partial charge in [-0.15, -0.1) is 0 Å². The lowest BCUT2D eigenvalue weighted by molar-refractivity contribution is 0.0609. The van der Waals surface area contributed by atoms with E-state index in [2.05, 4.69) is 0 Å². The zero-order valence-corrected chi connectivity index (χ0v) is 8.18. The van der Waals surface area contributed by atoms with Crippen molar-refractivity contribution in [3.05, 3.63) is 0 Å². The second-order valence-electron chi connectivity index (χ2n) is 3.94. The molecule has 0 bridgehead atoms. The summed E-state index contributed by atoms with van der Waals surface area (Å²) in [5, 5.41) is 0. The van der Waals surface area contributed by atoms with Gasteiger partial charge in [-0.3, -0.25) is 0 Å². The van der Waals surface area contributed by atoms with Gasteiger partial charge in [-0.25, -0.2) is 8.42 Å². The van der Waals surface area contributed by atoms with E-state index in [9.17, 15) is 8.42 Å². The standard InChI is InChI=1S/C8H15NO2S/c1-12(10,11)9-6-7-4-2-3-5-8(7)9/h7-8H,2-6H2,1H3/t7-,8-/m1/s1. The van der Waals surface area contributed by atoms with E-state index in [4.69, 9.17) is 0 Å². The molecule has 0 unspecified atom stereocenters. The summed E-state index contributed by atoms with van der Waals surface area (Å²) in [7, 11) is -2.90. The van der Waals surface area contributed by atoms with Crippen molar-refractivity contribution in [1.82, 2.24) is 4.31 Å². The van der Waals surface area contributed by atoms with Crippen LogP contribution in [0.2, 0.25) is 0 Å². The van der Waals surface area contributed by atoms with Crippen molar-refractivity contribution in [3.63, 3.8) is 0 Å². The van der Waals surface area contributed by atoms with Gasteiger partial charge in [0.2, 0.25) is 10.0 Å². The van der Waals surface area contributed by atoms with Crippen LogP contribution in [0.25, 0.3) is 0 Å². The summed E-state index contributed by atoms with van der Waals surface area (Å²) in [5.41, 5.74) is 0. The summed E-state index contributed by atoms with van der Waals surface area (Å²) in [6.45, 7) is 0.781. The lowest BCUT2D eigenvalue weighted by atomic mass is 9.79. The molecule has 1 heterocycles. The van der Waals surface area contributed by atoms with Crippen LogP contribution in [0, 0.1) is 5.92 Å². The maximum Gasteiger partial charge on any atom is 0.211 e. The Balaban J connectivity index is 2.06. The molecule has 70 valence electrons. The average Bonchev–Trinajstić information content (AvgIpc) is 1.88. The van der Waals surface area contributed by atoms with E-state index in [0.29, 0.717) is 12.0 Å². The van der Waals surface area contributed by atoms with Gasteiger partial charge >= 0.3 is 0 Å². The molecule has 2 fully saturated rings. The Morgan fingerprint density at radius 2 is 1.92 bits per heavy atom. The van der Waals surface area contributed by atoms with E-state index in [1.54, 1.807) is 4.31 Å². The fourth-order valence-corrected chi connectivity index (χ4v) is 3.62. The highest BCUT2D eigenvalue weighted by Gasteiger charge is 2.44. The van der Waals surface area contributed by atoms with Crippen molar-refractivity contribution in [3.8, 4) is 0 Å². The molecule has 0 aromatic rings. The third kappa shape index (κ3) is 1.27. The maximum absolute atomic E-state index is 11.2. The van der Waals surface area contributed by atoms with Gasteiger partial charge in [0.05, 0.1) is 6.26 Å². The molecule has 2 rings (SSSR count). The van der Waals surface area contributed by atoms with Crippen molar-refractivity contribution >= 4 is 10.0 Å². The van der Waals surface area contributed by atoms with Crippen LogP contribution in [0.15, 0.2) is 0 Å². The fraction of sp³-hybridized carbons (Fsp3) is 1.00. The Morgan fingerprint density at radius 3 is 2.50 bits per heavy atom. The predicted molar refractivity (Wildman–Crippen MR) is 47.3 cm³/mol. The zero-order chi connectivity index (χ0) is 8.77. The molecule has 2 atom stereocenters. The van der Waals surface area contributed by atoms with Gasteiger partial charge in [-0.2, -0.15) is 4.31 Å². The predicted octanol–water partition coefficient (Wildman–Crippen LogP) is 0.820. The van der Waals surface area contributed by atoms with Crippen LogP contribution in [0.1, 0.15) is 25.7 Å². The van der Waals surface area contributed by atoms with Gasteiger partial charge in [0.1, 0.15) is 0 Å². The summed E-state index contributed by atoms with van der Waals surface area (Å²) in [6.07, 6.45) is 6.12. The van der Waals surface area contributed by atoms with Crippen molar-refractivity contribution in [2.24, 2.45) is 5.92 Å². The number of rotatable bonds is 1. The van der Waals surface area contributed by atoms with Crippen molar-refractivity contribution in [2.75, 3.05) is 12.8 Å². The smallest absolute Gasteiger partial charge is 0.211 e. The highest BCUT2D eigenvalue weighted by Crippen LogP contribution is 2.38. The summed E-state index contributed by atoms with van der Waals surface area (Å²) >= 11 is 0. The first kappa shape index (κ1) is 8.51. The van der Waals surface area contributed by atoms with E-state index in [1.807, 2.05) is 0 Å². The minimum atomic E-state index is -2.90. The summed E-state index contributed by atoms with van der Waals surface area (Å²) in [5.74, 6) is 0.675. The van der Waals surface area contributed by atoms with E-state index in [1.165, 1.54) is 25.5 Å². The quantitative estimate of drug-likeness (QED) is 0.612. The van der Waals surface area contributed by atoms with E-state index in [0.717, 1.165) is 13.0 Å². The Labute approximate surface area is 73.8 Å². The van der Waals surface area contributed by atoms with Crippen LogP contribution in [0.5, 0.6) is 0 Å². The lowest BCUT2D eigenvalue weighted by Crippen LogP contribution is -2.59. The van der Waals surface area contributed by atoms with E-state index >= 15 is 0 Å². The van der Waals surface area contributed by atoms with Gasteiger partial charge in [-0.05, 0) is 18.8 Å². The molecule has 0 N–H and O–H groups in total. The van der Waals surface area contributed by atoms with Gasteiger partial charge in [0.15, 0.2) is 0 Å². The van der Waals surface area contributed by atoms with E-state index in [-0.39, 0.29) is 0 Å². The molecule has 3 nitrogen and oxygen atoms in total. The summed E-state index contributed by atoms with van der Waals surface area (Å²) in [6, 6.07) is 0.355. The van der Waals surface area contributed by atoms with E-state index < -0.39 is 10.0 Å². The highest BCUT2D eigenvalue weighted by molar-refractivity contribution is 7.88. The topological polar surface area (TPSA) is 37.4 Å². The van der Waals surface area contributed by atoms with Crippen LogP contribution >= 0.6 is 0 Å². The van der Waals surface area contributed by atoms with Crippen molar-refractivity contribution < 1.29 is 8.42 Å². The molecular formula is C8H15NO2S. The molecule has 0 radical (unpaired) electrons. The molecule has 2 aliphatic rings. The molecule has 1 aliphatic heterocycles. The van der Waals surface area contributed by atoms with Crippen molar-refractivity contribution in [2.45, 2.75) is 31.7 Å². The molecule has 0 spiro atoms. The Hall–Kier alpha value is -0.0900. The Bertz CT molecular complexity index is 273. The molecule has 1 aliphatic carbocycles. The number of nitrogens with zero attached hydrogens (tertiary/aromatic N) is 1. The fourth-order valence-electron chi connectivity index (χ4n) is 2.39. The number of sulfonamides is 1. The minimum Gasteiger partial charge on any atom is -0.212 e. The van der Waals surface area contributed by atoms with Crippen molar-refractivity contribution in [1.29, 1.82) is 0 Å². The first-order valence-corrected chi connectivity index (χ1v) is 6.40. The highest BCUT2D eigenvalue weighted by atomic mass is 32.2. The summed E-state index contributed by atoms with van der Waals surface area (Å²) < 4.78 is 24.1. The van der Waals surface area contributed by atoms with Gasteiger partial charge in [0, 0.05) is 12.6 Å². The first-order valence-electron chi connectivity index (χ1n) is 4.56. The first-order chi connectivity index (χ1) is 5.59. The van der Waals surface area contributed by atoms with Gasteiger partial charge < -0.3 is 0 Å². The molecule has 1 saturated heterocycles. The molecule has 0 amide bonds. The zero-order valence-electron chi connectivity index (χ0n) is 7.36. The second-order valence-corrected chi connectivity index (χ2v) is 5.88.